The molecule has 0 aliphatic carbocycles. The van der Waals surface area contributed by atoms with Crippen LogP contribution in [0.25, 0.3) is 0 Å². The molecule has 0 bridgehead atoms. The minimum Gasteiger partial charge on any atom is -0.393 e. The molecule has 3 N–H and O–H groups in total. The van der Waals surface area contributed by atoms with Crippen LogP contribution in [0.1, 0.15) is 15.9 Å². The van der Waals surface area contributed by atoms with Crippen molar-refractivity contribution < 1.29 is 22.9 Å². The van der Waals surface area contributed by atoms with E-state index in [1.807, 2.05) is 0 Å². The average Bonchev–Trinajstić information content (AvgIpc) is 2.48. The van der Waals surface area contributed by atoms with Gasteiger partial charge in [0, 0.05) is 21.8 Å². The Morgan fingerprint density at radius 1 is 1.21 bits per heavy atom. The molecule has 0 atom stereocenters. The number of amides is 1. The number of nitrogens with one attached hydrogen (secondary N) is 1. The summed E-state index contributed by atoms with van der Waals surface area (Å²) in [6.07, 6.45) is -4.60. The van der Waals surface area contributed by atoms with Gasteiger partial charge in [0.2, 0.25) is 0 Å². The summed E-state index contributed by atoms with van der Waals surface area (Å²) < 4.78 is 38.4. The van der Waals surface area contributed by atoms with Crippen LogP contribution in [-0.2, 0) is 6.18 Å². The van der Waals surface area contributed by atoms with E-state index in [-0.39, 0.29) is 21.4 Å². The molecule has 24 heavy (non-hydrogen) atoms. The molecule has 0 fully saturated rings. The van der Waals surface area contributed by atoms with Crippen molar-refractivity contribution in [2.75, 3.05) is 11.1 Å². The van der Waals surface area contributed by atoms with E-state index in [0.29, 0.717) is 0 Å². The Hall–Kier alpha value is -2.62. The molecule has 10 heteroatoms. The number of carbonyl (C=O) groups excluding carboxylic acids is 1. The Morgan fingerprint density at radius 2 is 1.88 bits per heavy atom. The molecular weight excluding hydrogens is 395 g/mol. The van der Waals surface area contributed by atoms with Gasteiger partial charge in [-0.05, 0) is 30.3 Å². The zero-order chi connectivity index (χ0) is 18.1. The third-order valence-electron chi connectivity index (χ3n) is 3.02. The highest BCUT2D eigenvalue weighted by Crippen LogP contribution is 2.36. The lowest BCUT2D eigenvalue weighted by atomic mass is 10.1. The maximum atomic E-state index is 12.8. The van der Waals surface area contributed by atoms with Gasteiger partial charge in [-0.3, -0.25) is 14.9 Å². The second-order valence-corrected chi connectivity index (χ2v) is 5.53. The van der Waals surface area contributed by atoms with Gasteiger partial charge in [-0.1, -0.05) is 15.9 Å². The van der Waals surface area contributed by atoms with Crippen LogP contribution in [-0.4, -0.2) is 10.8 Å². The van der Waals surface area contributed by atoms with Gasteiger partial charge in [0.05, 0.1) is 10.5 Å². The Labute approximate surface area is 141 Å². The molecule has 0 unspecified atom stereocenters. The van der Waals surface area contributed by atoms with Gasteiger partial charge in [0.15, 0.2) is 0 Å². The third-order valence-corrected chi connectivity index (χ3v) is 3.71. The van der Waals surface area contributed by atoms with Gasteiger partial charge >= 0.3 is 6.18 Å². The number of carbonyl (C=O) groups is 1. The minimum atomic E-state index is -4.60. The molecule has 2 aromatic carbocycles. The Morgan fingerprint density at radius 3 is 2.46 bits per heavy atom. The highest BCUT2D eigenvalue weighted by atomic mass is 79.9. The second-order valence-electron chi connectivity index (χ2n) is 4.68. The number of nitrogen functional groups attached to an aromatic ring is 1. The third kappa shape index (κ3) is 3.82. The van der Waals surface area contributed by atoms with Crippen LogP contribution in [0.15, 0.2) is 40.9 Å². The maximum Gasteiger partial charge on any atom is 0.417 e. The van der Waals surface area contributed by atoms with Crippen LogP contribution in [0.4, 0.5) is 30.2 Å². The summed E-state index contributed by atoms with van der Waals surface area (Å²) in [5, 5.41) is 13.1. The van der Waals surface area contributed by atoms with Crippen LogP contribution in [0.3, 0.4) is 0 Å². The fraction of sp³-hybridized carbons (Fsp3) is 0.0714. The van der Waals surface area contributed by atoms with Crippen molar-refractivity contribution in [3.8, 4) is 0 Å². The SMILES string of the molecule is Nc1ccc(C(=O)Nc2ccc(Br)c(C(F)(F)F)c2)cc1[N+](=O)[O-]. The number of hydrogen-bond acceptors (Lipinski definition) is 4. The van der Waals surface area contributed by atoms with Crippen molar-refractivity contribution in [2.45, 2.75) is 6.18 Å². The van der Waals surface area contributed by atoms with E-state index < -0.39 is 28.3 Å². The number of nitro groups is 1. The lowest BCUT2D eigenvalue weighted by Gasteiger charge is -2.12. The first-order chi connectivity index (χ1) is 11.1. The van der Waals surface area contributed by atoms with E-state index in [2.05, 4.69) is 21.2 Å². The molecule has 1 amide bonds. The van der Waals surface area contributed by atoms with Gasteiger partial charge < -0.3 is 11.1 Å². The number of rotatable bonds is 3. The summed E-state index contributed by atoms with van der Waals surface area (Å²) in [7, 11) is 0. The van der Waals surface area contributed by atoms with Crippen LogP contribution in [0, 0.1) is 10.1 Å². The fourth-order valence-electron chi connectivity index (χ4n) is 1.87. The largest absolute Gasteiger partial charge is 0.417 e. The van der Waals surface area contributed by atoms with E-state index in [9.17, 15) is 28.1 Å². The molecule has 126 valence electrons. The van der Waals surface area contributed by atoms with Crippen LogP contribution in [0.5, 0.6) is 0 Å². The lowest BCUT2D eigenvalue weighted by Crippen LogP contribution is -2.14. The predicted octanol–water partition coefficient (Wildman–Crippen LogP) is 4.21. The van der Waals surface area contributed by atoms with Crippen molar-refractivity contribution in [1.82, 2.24) is 0 Å². The number of anilines is 2. The topological polar surface area (TPSA) is 98.3 Å². The van der Waals surface area contributed by atoms with Gasteiger partial charge in [0.25, 0.3) is 11.6 Å². The second kappa shape index (κ2) is 6.48. The summed E-state index contributed by atoms with van der Waals surface area (Å²) in [6, 6.07) is 6.53. The summed E-state index contributed by atoms with van der Waals surface area (Å²) in [5.41, 5.74) is 3.67. The quantitative estimate of drug-likeness (QED) is 0.455. The zero-order valence-electron chi connectivity index (χ0n) is 11.7. The number of nitrogens with zero attached hydrogens (tertiary/aromatic N) is 1. The smallest absolute Gasteiger partial charge is 0.393 e. The molecule has 0 aromatic heterocycles. The number of nitro benzene ring substituents is 1. The van der Waals surface area contributed by atoms with Crippen LogP contribution < -0.4 is 11.1 Å². The summed E-state index contributed by atoms with van der Waals surface area (Å²) in [6.45, 7) is 0. The minimum absolute atomic E-state index is 0.102. The van der Waals surface area contributed by atoms with Crippen molar-refractivity contribution in [3.05, 3.63) is 62.1 Å². The van der Waals surface area contributed by atoms with Crippen LogP contribution >= 0.6 is 15.9 Å². The Kier molecular flexibility index (Phi) is 4.78. The summed E-state index contributed by atoms with van der Waals surface area (Å²) in [5.74, 6) is -0.798. The van der Waals surface area contributed by atoms with E-state index in [0.717, 1.165) is 18.2 Å². The highest BCUT2D eigenvalue weighted by molar-refractivity contribution is 9.10. The number of benzene rings is 2. The van der Waals surface area contributed by atoms with Crippen molar-refractivity contribution >= 4 is 38.9 Å². The average molecular weight is 404 g/mol. The van der Waals surface area contributed by atoms with E-state index in [1.54, 1.807) is 0 Å². The highest BCUT2D eigenvalue weighted by Gasteiger charge is 2.33. The van der Waals surface area contributed by atoms with E-state index in [1.165, 1.54) is 18.2 Å². The van der Waals surface area contributed by atoms with E-state index >= 15 is 0 Å². The molecule has 2 aromatic rings. The van der Waals surface area contributed by atoms with Gasteiger partial charge in [0.1, 0.15) is 5.69 Å². The normalized spacial score (nSPS) is 11.2. The van der Waals surface area contributed by atoms with Crippen LogP contribution in [0.2, 0.25) is 0 Å². The van der Waals surface area contributed by atoms with Crippen molar-refractivity contribution in [1.29, 1.82) is 0 Å². The van der Waals surface area contributed by atoms with Crippen molar-refractivity contribution in [3.63, 3.8) is 0 Å². The van der Waals surface area contributed by atoms with Gasteiger partial charge in [-0.2, -0.15) is 13.2 Å². The van der Waals surface area contributed by atoms with Gasteiger partial charge in [-0.25, -0.2) is 0 Å². The first-order valence-corrected chi connectivity index (χ1v) is 7.11. The number of hydrogen-bond donors (Lipinski definition) is 2. The van der Waals surface area contributed by atoms with Crippen molar-refractivity contribution in [2.24, 2.45) is 0 Å². The molecule has 0 radical (unpaired) electrons. The molecule has 6 nitrogen and oxygen atoms in total. The lowest BCUT2D eigenvalue weighted by molar-refractivity contribution is -0.383. The molecule has 0 heterocycles. The molecule has 0 saturated carbocycles. The maximum absolute atomic E-state index is 12.8. The Bertz CT molecular complexity index is 825. The first-order valence-electron chi connectivity index (χ1n) is 6.31. The monoisotopic (exact) mass is 403 g/mol. The first kappa shape index (κ1) is 17.7. The number of nitrogens with two attached hydrogens (primary N) is 1. The predicted molar refractivity (Wildman–Crippen MR) is 84.6 cm³/mol. The summed E-state index contributed by atoms with van der Waals surface area (Å²) >= 11 is 2.79. The summed E-state index contributed by atoms with van der Waals surface area (Å²) in [4.78, 5) is 22.1. The molecular formula is C14H9BrF3N3O3. The Balaban J connectivity index is 2.31. The molecule has 2 rings (SSSR count). The number of halogens is 4. The standard InChI is InChI=1S/C14H9BrF3N3O3/c15-10-3-2-8(6-9(10)14(16,17)18)20-13(22)7-1-4-11(19)12(5-7)21(23)24/h1-6H,19H2,(H,20,22). The molecule has 0 aliphatic heterocycles. The number of alkyl halides is 3. The zero-order valence-corrected chi connectivity index (χ0v) is 13.3. The molecule has 0 spiro atoms. The molecule has 0 saturated heterocycles. The molecule has 0 aliphatic rings. The van der Waals surface area contributed by atoms with Gasteiger partial charge in [-0.15, -0.1) is 0 Å². The fourth-order valence-corrected chi connectivity index (χ4v) is 2.34. The van der Waals surface area contributed by atoms with E-state index in [4.69, 9.17) is 5.73 Å².